The molecule has 3 heterocycles. The average Bonchev–Trinajstić information content (AvgIpc) is 3.40. The Morgan fingerprint density at radius 1 is 0.973 bits per heavy atom. The quantitative estimate of drug-likeness (QED) is 0.374. The normalized spacial score (nSPS) is 17.6. The molecule has 188 valence electrons. The lowest BCUT2D eigenvalue weighted by atomic mass is 9.84. The molecule has 0 amide bonds. The van der Waals surface area contributed by atoms with E-state index in [1.54, 1.807) is 20.5 Å². The van der Waals surface area contributed by atoms with Crippen LogP contribution in [0.1, 0.15) is 41.3 Å². The average molecular weight is 497 g/mol. The van der Waals surface area contributed by atoms with Gasteiger partial charge in [0.1, 0.15) is 30.0 Å². The predicted octanol–water partition coefficient (Wildman–Crippen LogP) is 5.56. The fourth-order valence-electron chi connectivity index (χ4n) is 5.11. The monoisotopic (exact) mass is 496 g/mol. The van der Waals surface area contributed by atoms with E-state index < -0.39 is 6.10 Å². The smallest absolute Gasteiger partial charge is 0.226 e. The van der Waals surface area contributed by atoms with E-state index in [4.69, 9.17) is 18.9 Å². The fraction of sp³-hybridized carbons (Fsp3) is 0.241. The Morgan fingerprint density at radius 3 is 2.68 bits per heavy atom. The van der Waals surface area contributed by atoms with E-state index in [0.717, 1.165) is 45.0 Å². The molecule has 0 bridgehead atoms. The van der Waals surface area contributed by atoms with E-state index in [1.807, 2.05) is 54.1 Å². The molecule has 1 aromatic heterocycles. The molecule has 2 aliphatic rings. The van der Waals surface area contributed by atoms with Gasteiger partial charge in [-0.3, -0.25) is 0 Å². The molecule has 3 aromatic carbocycles. The number of benzene rings is 3. The standard InChI is InChI=1S/C29H28N4O4/c1-5-36-23-12-10-18(15-24(23)35-4)27-25-26(32-29-30-16-31-33(27)29)21-13-17(2)9-11-22(21)37-28(25)19-7-6-8-20(14-19)34-3/h6-16,27-28H,5H2,1-4H3,(H,30,31,32)/t27-,28+/m0/s1. The van der Waals surface area contributed by atoms with Crippen molar-refractivity contribution in [3.05, 3.63) is 94.8 Å². The highest BCUT2D eigenvalue weighted by Crippen LogP contribution is 2.51. The highest BCUT2D eigenvalue weighted by Gasteiger charge is 2.41. The summed E-state index contributed by atoms with van der Waals surface area (Å²) in [5, 5.41) is 8.16. The molecular weight excluding hydrogens is 468 g/mol. The van der Waals surface area contributed by atoms with Crippen LogP contribution < -0.4 is 24.3 Å². The van der Waals surface area contributed by atoms with E-state index in [1.165, 1.54) is 0 Å². The summed E-state index contributed by atoms with van der Waals surface area (Å²) in [5.74, 6) is 3.59. The van der Waals surface area contributed by atoms with Gasteiger partial charge in [0.15, 0.2) is 11.5 Å². The van der Waals surface area contributed by atoms with Crippen molar-refractivity contribution in [2.75, 3.05) is 26.1 Å². The minimum Gasteiger partial charge on any atom is -0.497 e. The molecule has 2 atom stereocenters. The van der Waals surface area contributed by atoms with Gasteiger partial charge in [0.25, 0.3) is 0 Å². The van der Waals surface area contributed by atoms with E-state index in [0.29, 0.717) is 24.1 Å². The van der Waals surface area contributed by atoms with Gasteiger partial charge in [0.2, 0.25) is 5.95 Å². The summed E-state index contributed by atoms with van der Waals surface area (Å²) in [4.78, 5) is 4.52. The first-order chi connectivity index (χ1) is 18.1. The lowest BCUT2D eigenvalue weighted by Gasteiger charge is -2.39. The van der Waals surface area contributed by atoms with Crippen molar-refractivity contribution in [3.8, 4) is 23.0 Å². The van der Waals surface area contributed by atoms with E-state index in [-0.39, 0.29) is 6.04 Å². The predicted molar refractivity (Wildman–Crippen MR) is 140 cm³/mol. The number of hydrogen-bond acceptors (Lipinski definition) is 7. The molecule has 0 aliphatic carbocycles. The number of hydrogen-bond donors (Lipinski definition) is 1. The Kier molecular flexibility index (Phi) is 5.71. The van der Waals surface area contributed by atoms with Crippen LogP contribution in [0, 0.1) is 6.92 Å². The molecule has 0 spiro atoms. The summed E-state index contributed by atoms with van der Waals surface area (Å²) in [6.07, 6.45) is 1.17. The van der Waals surface area contributed by atoms with Crippen LogP contribution in [0.5, 0.6) is 23.0 Å². The lowest BCUT2D eigenvalue weighted by Crippen LogP contribution is -2.32. The zero-order valence-electron chi connectivity index (χ0n) is 21.2. The number of methoxy groups -OCH3 is 2. The Hall–Kier alpha value is -4.46. The first-order valence-corrected chi connectivity index (χ1v) is 12.2. The van der Waals surface area contributed by atoms with Crippen LogP contribution in [0.2, 0.25) is 0 Å². The molecule has 0 unspecified atom stereocenters. The number of aromatic nitrogens is 3. The Labute approximate surface area is 215 Å². The topological polar surface area (TPSA) is 79.7 Å². The molecular formula is C29H28N4O4. The molecule has 0 fully saturated rings. The van der Waals surface area contributed by atoms with E-state index in [9.17, 15) is 0 Å². The molecule has 6 rings (SSSR count). The fourth-order valence-corrected chi connectivity index (χ4v) is 5.11. The van der Waals surface area contributed by atoms with Gasteiger partial charge in [0.05, 0.1) is 26.5 Å². The second-order valence-corrected chi connectivity index (χ2v) is 9.00. The van der Waals surface area contributed by atoms with Gasteiger partial charge in [-0.2, -0.15) is 10.1 Å². The SMILES string of the molecule is CCOc1ccc([C@H]2C3=C(Nc4ncnn42)c2cc(C)ccc2O[C@@H]3c2cccc(OC)c2)cc1OC. The van der Waals surface area contributed by atoms with Crippen LogP contribution in [-0.2, 0) is 0 Å². The number of rotatable bonds is 6. The largest absolute Gasteiger partial charge is 0.497 e. The Bertz CT molecular complexity index is 1510. The van der Waals surface area contributed by atoms with Crippen LogP contribution in [0.25, 0.3) is 5.70 Å². The first-order valence-electron chi connectivity index (χ1n) is 12.2. The highest BCUT2D eigenvalue weighted by molar-refractivity contribution is 5.85. The zero-order chi connectivity index (χ0) is 25.5. The lowest BCUT2D eigenvalue weighted by molar-refractivity contribution is 0.222. The Morgan fingerprint density at radius 2 is 1.86 bits per heavy atom. The number of ether oxygens (including phenoxy) is 4. The van der Waals surface area contributed by atoms with Gasteiger partial charge >= 0.3 is 0 Å². The summed E-state index contributed by atoms with van der Waals surface area (Å²) in [6.45, 7) is 4.58. The van der Waals surface area contributed by atoms with Crippen LogP contribution in [-0.4, -0.2) is 35.6 Å². The zero-order valence-corrected chi connectivity index (χ0v) is 21.2. The first kappa shape index (κ1) is 23.0. The van der Waals surface area contributed by atoms with E-state index in [2.05, 4.69) is 40.5 Å². The maximum Gasteiger partial charge on any atom is 0.226 e. The molecule has 0 saturated heterocycles. The van der Waals surface area contributed by atoms with Crippen LogP contribution in [0.4, 0.5) is 5.95 Å². The molecule has 2 aliphatic heterocycles. The van der Waals surface area contributed by atoms with Crippen molar-refractivity contribution in [2.45, 2.75) is 26.0 Å². The van der Waals surface area contributed by atoms with Crippen molar-refractivity contribution < 1.29 is 18.9 Å². The summed E-state index contributed by atoms with van der Waals surface area (Å²) < 4.78 is 25.7. The van der Waals surface area contributed by atoms with Crippen molar-refractivity contribution in [3.63, 3.8) is 0 Å². The van der Waals surface area contributed by atoms with Gasteiger partial charge in [0, 0.05) is 16.7 Å². The van der Waals surface area contributed by atoms with Crippen LogP contribution in [0.3, 0.4) is 0 Å². The van der Waals surface area contributed by atoms with Crippen molar-refractivity contribution >= 4 is 11.6 Å². The summed E-state index contributed by atoms with van der Waals surface area (Å²) in [7, 11) is 3.32. The number of fused-ring (bicyclic) bond motifs is 3. The summed E-state index contributed by atoms with van der Waals surface area (Å²) in [6, 6.07) is 19.9. The van der Waals surface area contributed by atoms with Crippen LogP contribution in [0.15, 0.2) is 72.6 Å². The maximum atomic E-state index is 6.73. The number of nitrogens with one attached hydrogen (secondary N) is 1. The third-order valence-electron chi connectivity index (χ3n) is 6.77. The second-order valence-electron chi connectivity index (χ2n) is 9.00. The molecule has 37 heavy (non-hydrogen) atoms. The Balaban J connectivity index is 1.60. The van der Waals surface area contributed by atoms with Crippen molar-refractivity contribution in [2.24, 2.45) is 0 Å². The molecule has 8 heteroatoms. The van der Waals surface area contributed by atoms with Gasteiger partial charge in [-0.25, -0.2) is 4.68 Å². The minimum atomic E-state index is -0.396. The van der Waals surface area contributed by atoms with Gasteiger partial charge < -0.3 is 24.3 Å². The van der Waals surface area contributed by atoms with Crippen molar-refractivity contribution in [1.82, 2.24) is 14.8 Å². The number of nitrogens with zero attached hydrogens (tertiary/aromatic N) is 3. The summed E-state index contributed by atoms with van der Waals surface area (Å²) in [5.41, 5.74) is 6.08. The van der Waals surface area contributed by atoms with E-state index >= 15 is 0 Å². The second kappa shape index (κ2) is 9.20. The molecule has 0 saturated carbocycles. The van der Waals surface area contributed by atoms with Crippen LogP contribution >= 0.6 is 0 Å². The molecule has 4 aromatic rings. The summed E-state index contributed by atoms with van der Waals surface area (Å²) >= 11 is 0. The van der Waals surface area contributed by atoms with Crippen molar-refractivity contribution in [1.29, 1.82) is 0 Å². The molecule has 8 nitrogen and oxygen atoms in total. The van der Waals surface area contributed by atoms with Gasteiger partial charge in [-0.1, -0.05) is 29.8 Å². The minimum absolute atomic E-state index is 0.303. The third-order valence-corrected chi connectivity index (χ3v) is 6.77. The highest BCUT2D eigenvalue weighted by atomic mass is 16.5. The number of anilines is 1. The maximum absolute atomic E-state index is 6.73. The van der Waals surface area contributed by atoms with Gasteiger partial charge in [-0.15, -0.1) is 0 Å². The molecule has 1 N–H and O–H groups in total. The number of aryl methyl sites for hydroxylation is 1. The van der Waals surface area contributed by atoms with Gasteiger partial charge in [-0.05, 0) is 55.8 Å². The molecule has 0 radical (unpaired) electrons. The third kappa shape index (κ3) is 3.85.